The quantitative estimate of drug-likeness (QED) is 0.293. The highest BCUT2D eigenvalue weighted by Gasteiger charge is 2.74. The molecule has 0 spiro atoms. The Balaban J connectivity index is 1.51. The summed E-state index contributed by atoms with van der Waals surface area (Å²) < 4.78 is 4.19. The number of nitriles is 1. The second-order valence-electron chi connectivity index (χ2n) is 12.3. The van der Waals surface area contributed by atoms with Crippen LogP contribution in [0.25, 0.3) is 0 Å². The molecule has 7 atom stereocenters. The van der Waals surface area contributed by atoms with E-state index in [2.05, 4.69) is 27.3 Å². The molecule has 4 N–H and O–H groups in total. The van der Waals surface area contributed by atoms with Gasteiger partial charge >= 0.3 is 6.09 Å². The number of rotatable bonds is 10. The number of fused-ring (bicyclic) bond motifs is 1. The fourth-order valence-electron chi connectivity index (χ4n) is 5.93. The number of hydrogen-bond acceptors (Lipinski definition) is 7. The predicted octanol–water partition coefficient (Wildman–Crippen LogP) is 2.22. The van der Waals surface area contributed by atoms with Gasteiger partial charge in [0.25, 0.3) is 0 Å². The number of nitrogens with one attached hydrogen (secondary N) is 4. The van der Waals surface area contributed by atoms with E-state index in [0.29, 0.717) is 13.0 Å². The first-order valence-corrected chi connectivity index (χ1v) is 14.9. The fourth-order valence-corrected chi connectivity index (χ4v) is 6.75. The third-order valence-corrected chi connectivity index (χ3v) is 9.02. The monoisotopic (exact) mass is 620 g/mol. The van der Waals surface area contributed by atoms with Gasteiger partial charge in [0.1, 0.15) is 29.1 Å². The standard InChI is InChI=1S/C29H38Cl2N6O5/c1-16(36-28(2,3)4)22(35-27(41)42-15-17-8-6-5-7-9-17)26(40)37-14-20-21(29(20,30)31)23(37)25(39)34-19(13-32)12-18-10-11-33-24(18)38/h5-9,16,18-23,36H,10-12,14-15H2,1-4H3,(H,33,38)(H,34,39)(H,35,41)/t16?,18-,19-,20-,21-,22-,23-/m0/s1. The van der Waals surface area contributed by atoms with Gasteiger partial charge in [0.05, 0.1) is 6.07 Å². The van der Waals surface area contributed by atoms with Crippen molar-refractivity contribution in [2.75, 3.05) is 13.1 Å². The molecule has 1 unspecified atom stereocenters. The van der Waals surface area contributed by atoms with Crippen LogP contribution in [-0.4, -0.2) is 75.8 Å². The van der Waals surface area contributed by atoms with Gasteiger partial charge < -0.3 is 30.9 Å². The summed E-state index contributed by atoms with van der Waals surface area (Å²) >= 11 is 13.0. The van der Waals surface area contributed by atoms with E-state index >= 15 is 0 Å². The summed E-state index contributed by atoms with van der Waals surface area (Å²) in [7, 11) is 0. The van der Waals surface area contributed by atoms with Crippen molar-refractivity contribution < 1.29 is 23.9 Å². The van der Waals surface area contributed by atoms with Crippen molar-refractivity contribution in [1.29, 1.82) is 5.26 Å². The molecule has 4 amide bonds. The van der Waals surface area contributed by atoms with Crippen LogP contribution in [0.4, 0.5) is 4.79 Å². The highest BCUT2D eigenvalue weighted by Crippen LogP contribution is 2.65. The highest BCUT2D eigenvalue weighted by atomic mass is 35.5. The molecule has 228 valence electrons. The molecule has 11 nitrogen and oxygen atoms in total. The Hall–Kier alpha value is -3.07. The van der Waals surface area contributed by atoms with E-state index in [1.807, 2.05) is 51.1 Å². The summed E-state index contributed by atoms with van der Waals surface area (Å²) in [5.74, 6) is -2.51. The summed E-state index contributed by atoms with van der Waals surface area (Å²) in [6, 6.07) is 7.56. The minimum absolute atomic E-state index is 0.0170. The molecule has 42 heavy (non-hydrogen) atoms. The van der Waals surface area contributed by atoms with E-state index < -0.39 is 57.9 Å². The maximum absolute atomic E-state index is 14.1. The maximum Gasteiger partial charge on any atom is 0.408 e. The Morgan fingerprint density at radius 1 is 1.21 bits per heavy atom. The Morgan fingerprint density at radius 2 is 1.90 bits per heavy atom. The van der Waals surface area contributed by atoms with Crippen molar-refractivity contribution in [3.8, 4) is 6.07 Å². The number of amides is 4. The molecule has 1 aromatic carbocycles. The van der Waals surface area contributed by atoms with Crippen LogP contribution in [-0.2, 0) is 25.7 Å². The third-order valence-electron chi connectivity index (χ3n) is 7.95. The second-order valence-corrected chi connectivity index (χ2v) is 13.8. The van der Waals surface area contributed by atoms with Crippen LogP contribution in [0.5, 0.6) is 0 Å². The van der Waals surface area contributed by atoms with Crippen LogP contribution >= 0.6 is 23.2 Å². The van der Waals surface area contributed by atoms with Crippen molar-refractivity contribution in [2.45, 2.75) is 81.2 Å². The molecule has 0 aromatic heterocycles. The van der Waals surface area contributed by atoms with Crippen LogP contribution < -0.4 is 21.3 Å². The summed E-state index contributed by atoms with van der Waals surface area (Å²) in [5, 5.41) is 21.2. The van der Waals surface area contributed by atoms with Gasteiger partial charge in [-0.05, 0) is 46.1 Å². The zero-order valence-corrected chi connectivity index (χ0v) is 25.7. The number of likely N-dealkylation sites (tertiary alicyclic amines) is 1. The highest BCUT2D eigenvalue weighted by molar-refractivity contribution is 6.51. The SMILES string of the molecule is CC(NC(C)(C)C)[C@H](NC(=O)OCc1ccccc1)C(=O)N1C[C@H]2[C@@H]([C@H]1C(=O)N[C@H](C#N)C[C@@H]1CCNC1=O)C2(Cl)Cl. The summed E-state index contributed by atoms with van der Waals surface area (Å²) in [6.45, 7) is 8.21. The first-order chi connectivity index (χ1) is 19.7. The molecule has 0 radical (unpaired) electrons. The predicted molar refractivity (Wildman–Crippen MR) is 156 cm³/mol. The maximum atomic E-state index is 14.1. The van der Waals surface area contributed by atoms with Crippen molar-refractivity contribution in [2.24, 2.45) is 17.8 Å². The zero-order chi connectivity index (χ0) is 30.8. The van der Waals surface area contributed by atoms with Crippen LogP contribution in [0.1, 0.15) is 46.1 Å². The Bertz CT molecular complexity index is 1230. The van der Waals surface area contributed by atoms with Gasteiger partial charge in [0.2, 0.25) is 17.7 Å². The average Bonchev–Trinajstić information content (AvgIpc) is 3.27. The van der Waals surface area contributed by atoms with Gasteiger partial charge in [-0.25, -0.2) is 4.79 Å². The lowest BCUT2D eigenvalue weighted by Crippen LogP contribution is -2.63. The van der Waals surface area contributed by atoms with Crippen LogP contribution in [0.15, 0.2) is 30.3 Å². The first-order valence-electron chi connectivity index (χ1n) is 14.1. The van der Waals surface area contributed by atoms with Crippen LogP contribution in [0.3, 0.4) is 0 Å². The number of nitrogens with zero attached hydrogens (tertiary/aromatic N) is 2. The lowest BCUT2D eigenvalue weighted by Gasteiger charge is -2.36. The average molecular weight is 622 g/mol. The molecule has 1 aromatic rings. The summed E-state index contributed by atoms with van der Waals surface area (Å²) in [5.41, 5.74) is 0.390. The summed E-state index contributed by atoms with van der Waals surface area (Å²) in [4.78, 5) is 54.0. The Morgan fingerprint density at radius 3 is 2.50 bits per heavy atom. The molecule has 1 saturated carbocycles. The topological polar surface area (TPSA) is 153 Å². The largest absolute Gasteiger partial charge is 0.445 e. The van der Waals surface area contributed by atoms with Crippen molar-refractivity contribution >= 4 is 47.0 Å². The summed E-state index contributed by atoms with van der Waals surface area (Å²) in [6.07, 6.45) is -0.0574. The van der Waals surface area contributed by atoms with E-state index in [1.54, 1.807) is 6.92 Å². The molecule has 4 rings (SSSR count). The van der Waals surface area contributed by atoms with Gasteiger partial charge in [-0.1, -0.05) is 30.3 Å². The molecule has 1 aliphatic carbocycles. The molecular weight excluding hydrogens is 583 g/mol. The van der Waals surface area contributed by atoms with E-state index in [-0.39, 0.29) is 37.3 Å². The molecular formula is C29H38Cl2N6O5. The molecule has 3 fully saturated rings. The number of carbonyl (C=O) groups is 4. The van der Waals surface area contributed by atoms with E-state index in [1.165, 1.54) is 4.90 Å². The van der Waals surface area contributed by atoms with E-state index in [0.717, 1.165) is 5.56 Å². The minimum Gasteiger partial charge on any atom is -0.445 e. The molecule has 0 bridgehead atoms. The van der Waals surface area contributed by atoms with Crippen molar-refractivity contribution in [3.05, 3.63) is 35.9 Å². The fraction of sp³-hybridized carbons (Fsp3) is 0.621. The smallest absolute Gasteiger partial charge is 0.408 e. The normalized spacial score (nSPS) is 26.2. The molecule has 13 heteroatoms. The molecule has 2 aliphatic heterocycles. The van der Waals surface area contributed by atoms with Crippen molar-refractivity contribution in [1.82, 2.24) is 26.2 Å². The zero-order valence-electron chi connectivity index (χ0n) is 24.2. The molecule has 3 aliphatic rings. The number of ether oxygens (including phenoxy) is 1. The molecule has 2 saturated heterocycles. The lowest BCUT2D eigenvalue weighted by atomic mass is 9.98. The van der Waals surface area contributed by atoms with E-state index in [4.69, 9.17) is 27.9 Å². The number of carbonyl (C=O) groups excluding carboxylic acids is 4. The lowest BCUT2D eigenvalue weighted by molar-refractivity contribution is -0.142. The number of benzene rings is 1. The van der Waals surface area contributed by atoms with Gasteiger partial charge in [-0.3, -0.25) is 14.4 Å². The van der Waals surface area contributed by atoms with Crippen molar-refractivity contribution in [3.63, 3.8) is 0 Å². The van der Waals surface area contributed by atoms with Gasteiger partial charge in [0, 0.05) is 42.4 Å². The Kier molecular flexibility index (Phi) is 9.60. The number of halogens is 2. The first kappa shape index (κ1) is 31.9. The van der Waals surface area contributed by atoms with Gasteiger partial charge in [-0.15, -0.1) is 23.2 Å². The van der Waals surface area contributed by atoms with Crippen LogP contribution in [0, 0.1) is 29.1 Å². The van der Waals surface area contributed by atoms with Crippen LogP contribution in [0.2, 0.25) is 0 Å². The number of hydrogen-bond donors (Lipinski definition) is 4. The number of piperidine rings is 1. The minimum atomic E-state index is -1.20. The van der Waals surface area contributed by atoms with E-state index in [9.17, 15) is 24.4 Å². The third kappa shape index (κ3) is 7.28. The number of alkyl halides is 2. The van der Waals surface area contributed by atoms with Gasteiger partial charge in [0.15, 0.2) is 0 Å². The van der Waals surface area contributed by atoms with Gasteiger partial charge in [-0.2, -0.15) is 5.26 Å². The second kappa shape index (κ2) is 12.7. The number of alkyl carbamates (subject to hydrolysis) is 1. The molecule has 2 heterocycles. The Labute approximate surface area is 256 Å².